The summed E-state index contributed by atoms with van der Waals surface area (Å²) in [5, 5.41) is 0.232. The molecule has 0 aliphatic carbocycles. The summed E-state index contributed by atoms with van der Waals surface area (Å²) in [7, 11) is 0. The van der Waals surface area contributed by atoms with E-state index < -0.39 is 0 Å². The third-order valence-corrected chi connectivity index (χ3v) is 4.22. The Labute approximate surface area is 142 Å². The summed E-state index contributed by atoms with van der Waals surface area (Å²) in [5.41, 5.74) is 3.30. The predicted molar refractivity (Wildman–Crippen MR) is 95.9 cm³/mol. The normalized spacial score (nSPS) is 10.5. The van der Waals surface area contributed by atoms with Crippen molar-refractivity contribution in [2.24, 2.45) is 0 Å². The Morgan fingerprint density at radius 1 is 1.14 bits per heavy atom. The van der Waals surface area contributed by atoms with E-state index in [1.54, 1.807) is 4.90 Å². The lowest BCUT2D eigenvalue weighted by atomic mass is 9.97. The lowest BCUT2D eigenvalue weighted by Crippen LogP contribution is -2.35. The number of amides is 1. The standard InChI is InChI=1S/C18H26BrNO2/c1-3-5-8-15-10-7-11-16(9-6-4-2)18(15)20(12-13-21)17(22)14-19/h7,10-11,13H,3-6,8-9,12,14H2,1-2H3. The van der Waals surface area contributed by atoms with Crippen LogP contribution in [0.1, 0.15) is 50.7 Å². The van der Waals surface area contributed by atoms with Crippen molar-refractivity contribution in [3.05, 3.63) is 29.3 Å². The van der Waals surface area contributed by atoms with Gasteiger partial charge in [-0.25, -0.2) is 0 Å². The molecule has 1 aromatic rings. The summed E-state index contributed by atoms with van der Waals surface area (Å²) in [6.07, 6.45) is 7.08. The average Bonchev–Trinajstić information content (AvgIpc) is 2.55. The van der Waals surface area contributed by atoms with Crippen LogP contribution in [0, 0.1) is 0 Å². The predicted octanol–water partition coefficient (Wildman–Crippen LogP) is 4.30. The number of anilines is 1. The summed E-state index contributed by atoms with van der Waals surface area (Å²) in [6.45, 7) is 4.44. The number of carbonyl (C=O) groups excluding carboxylic acids is 2. The summed E-state index contributed by atoms with van der Waals surface area (Å²) >= 11 is 3.23. The molecule has 0 aliphatic rings. The molecule has 1 rings (SSSR count). The van der Waals surface area contributed by atoms with E-state index in [4.69, 9.17) is 0 Å². The first kappa shape index (κ1) is 18.9. The molecule has 0 radical (unpaired) electrons. The second-order valence-corrected chi connectivity index (χ2v) is 6.00. The van der Waals surface area contributed by atoms with Gasteiger partial charge in [0, 0.05) is 0 Å². The van der Waals surface area contributed by atoms with Crippen LogP contribution in [0.4, 0.5) is 5.69 Å². The van der Waals surface area contributed by atoms with Gasteiger partial charge in [0.05, 0.1) is 17.6 Å². The molecule has 0 heterocycles. The van der Waals surface area contributed by atoms with Crippen LogP contribution in [0.2, 0.25) is 0 Å². The van der Waals surface area contributed by atoms with Crippen LogP contribution in [0.3, 0.4) is 0 Å². The van der Waals surface area contributed by atoms with Gasteiger partial charge in [0.1, 0.15) is 6.29 Å². The molecule has 122 valence electrons. The molecule has 1 aromatic carbocycles. The van der Waals surface area contributed by atoms with Gasteiger partial charge in [0.2, 0.25) is 5.91 Å². The minimum atomic E-state index is -0.0613. The first-order chi connectivity index (χ1) is 10.7. The second-order valence-electron chi connectivity index (χ2n) is 5.44. The molecule has 0 saturated heterocycles. The van der Waals surface area contributed by atoms with Crippen molar-refractivity contribution in [3.8, 4) is 0 Å². The number of unbranched alkanes of at least 4 members (excludes halogenated alkanes) is 2. The van der Waals surface area contributed by atoms with E-state index >= 15 is 0 Å². The van der Waals surface area contributed by atoms with Crippen LogP contribution in [0.5, 0.6) is 0 Å². The van der Waals surface area contributed by atoms with E-state index in [1.165, 1.54) is 11.1 Å². The molecule has 0 bridgehead atoms. The molecule has 0 spiro atoms. The fourth-order valence-corrected chi connectivity index (χ4v) is 2.90. The van der Waals surface area contributed by atoms with Crippen molar-refractivity contribution < 1.29 is 9.59 Å². The Morgan fingerprint density at radius 2 is 1.68 bits per heavy atom. The largest absolute Gasteiger partial charge is 0.304 e. The number of nitrogens with zero attached hydrogens (tertiary/aromatic N) is 1. The third kappa shape index (κ3) is 5.24. The average molecular weight is 368 g/mol. The minimum absolute atomic E-state index is 0.0613. The van der Waals surface area contributed by atoms with Gasteiger partial charge in [0.15, 0.2) is 0 Å². The number of alkyl halides is 1. The maximum atomic E-state index is 12.3. The van der Waals surface area contributed by atoms with Gasteiger partial charge in [-0.15, -0.1) is 0 Å². The summed E-state index contributed by atoms with van der Waals surface area (Å²) in [6, 6.07) is 6.23. The number of halogens is 1. The molecule has 0 unspecified atom stereocenters. The molecule has 0 fully saturated rings. The number of hydrogen-bond acceptors (Lipinski definition) is 2. The van der Waals surface area contributed by atoms with Crippen molar-refractivity contribution >= 4 is 33.8 Å². The highest BCUT2D eigenvalue weighted by atomic mass is 79.9. The van der Waals surface area contributed by atoms with Crippen LogP contribution in [0.15, 0.2) is 18.2 Å². The number of carbonyl (C=O) groups is 2. The minimum Gasteiger partial charge on any atom is -0.304 e. The molecule has 0 saturated carbocycles. The van der Waals surface area contributed by atoms with Gasteiger partial charge in [-0.2, -0.15) is 0 Å². The maximum Gasteiger partial charge on any atom is 0.238 e. The van der Waals surface area contributed by atoms with Crippen molar-refractivity contribution in [1.29, 1.82) is 0 Å². The number of aldehydes is 1. The zero-order valence-electron chi connectivity index (χ0n) is 13.6. The Balaban J connectivity index is 3.27. The second kappa shape index (κ2) is 10.5. The van der Waals surface area contributed by atoms with E-state index in [9.17, 15) is 9.59 Å². The highest BCUT2D eigenvalue weighted by Crippen LogP contribution is 2.29. The fraction of sp³-hybridized carbons (Fsp3) is 0.556. The summed E-state index contributed by atoms with van der Waals surface area (Å²) in [5.74, 6) is -0.0613. The first-order valence-corrected chi connectivity index (χ1v) is 9.22. The monoisotopic (exact) mass is 367 g/mol. The van der Waals surface area contributed by atoms with Crippen molar-refractivity contribution in [2.75, 3.05) is 16.8 Å². The SMILES string of the molecule is CCCCc1cccc(CCCC)c1N(CC=O)C(=O)CBr. The van der Waals surface area contributed by atoms with Crippen LogP contribution < -0.4 is 4.90 Å². The number of para-hydroxylation sites is 1. The zero-order valence-corrected chi connectivity index (χ0v) is 15.2. The van der Waals surface area contributed by atoms with Crippen LogP contribution in [0.25, 0.3) is 0 Å². The van der Waals surface area contributed by atoms with Crippen molar-refractivity contribution in [2.45, 2.75) is 52.4 Å². The van der Waals surface area contributed by atoms with Gasteiger partial charge in [-0.3, -0.25) is 4.79 Å². The van der Waals surface area contributed by atoms with E-state index in [0.717, 1.165) is 50.5 Å². The quantitative estimate of drug-likeness (QED) is 0.456. The van der Waals surface area contributed by atoms with Crippen LogP contribution in [-0.2, 0) is 22.4 Å². The molecule has 1 amide bonds. The van der Waals surface area contributed by atoms with Gasteiger partial charge >= 0.3 is 0 Å². The van der Waals surface area contributed by atoms with Gasteiger partial charge in [0.25, 0.3) is 0 Å². The molecule has 4 heteroatoms. The molecule has 0 atom stereocenters. The zero-order chi connectivity index (χ0) is 16.4. The molecular formula is C18H26BrNO2. The third-order valence-electron chi connectivity index (χ3n) is 3.74. The van der Waals surface area contributed by atoms with Gasteiger partial charge < -0.3 is 9.69 Å². The van der Waals surface area contributed by atoms with Gasteiger partial charge in [-0.05, 0) is 36.8 Å². The highest BCUT2D eigenvalue weighted by molar-refractivity contribution is 9.09. The molecule has 0 aliphatic heterocycles. The first-order valence-electron chi connectivity index (χ1n) is 8.10. The lowest BCUT2D eigenvalue weighted by molar-refractivity contribution is -0.117. The number of hydrogen-bond donors (Lipinski definition) is 0. The topological polar surface area (TPSA) is 37.4 Å². The summed E-state index contributed by atoms with van der Waals surface area (Å²) in [4.78, 5) is 25.0. The van der Waals surface area contributed by atoms with E-state index in [1.807, 2.05) is 0 Å². The van der Waals surface area contributed by atoms with Crippen LogP contribution >= 0.6 is 15.9 Å². The van der Waals surface area contributed by atoms with Crippen molar-refractivity contribution in [3.63, 3.8) is 0 Å². The lowest BCUT2D eigenvalue weighted by Gasteiger charge is -2.26. The number of benzene rings is 1. The summed E-state index contributed by atoms with van der Waals surface area (Å²) < 4.78 is 0. The van der Waals surface area contributed by atoms with Gasteiger partial charge in [-0.1, -0.05) is 60.8 Å². The van der Waals surface area contributed by atoms with E-state index in [2.05, 4.69) is 48.0 Å². The highest BCUT2D eigenvalue weighted by Gasteiger charge is 2.20. The van der Waals surface area contributed by atoms with E-state index in [-0.39, 0.29) is 17.8 Å². The Bertz CT molecular complexity index is 462. The molecule has 22 heavy (non-hydrogen) atoms. The Morgan fingerprint density at radius 3 is 2.09 bits per heavy atom. The Kier molecular flexibility index (Phi) is 9.05. The smallest absolute Gasteiger partial charge is 0.238 e. The number of aryl methyl sites for hydroxylation is 2. The Hall–Kier alpha value is -1.16. The van der Waals surface area contributed by atoms with Crippen molar-refractivity contribution in [1.82, 2.24) is 0 Å². The van der Waals surface area contributed by atoms with E-state index in [0.29, 0.717) is 0 Å². The molecule has 0 N–H and O–H groups in total. The molecule has 0 aromatic heterocycles. The molecular weight excluding hydrogens is 342 g/mol. The maximum absolute atomic E-state index is 12.3. The fourth-order valence-electron chi connectivity index (χ4n) is 2.59. The van der Waals surface area contributed by atoms with Crippen LogP contribution in [-0.4, -0.2) is 24.1 Å². The number of rotatable bonds is 10. The molecule has 3 nitrogen and oxygen atoms in total.